The first-order chi connectivity index (χ1) is 11.4. The zero-order valence-corrected chi connectivity index (χ0v) is 13.9. The van der Waals surface area contributed by atoms with E-state index in [9.17, 15) is 18.2 Å². The molecule has 2 atom stereocenters. The number of esters is 1. The predicted molar refractivity (Wildman–Crippen MR) is 88.7 cm³/mol. The van der Waals surface area contributed by atoms with Gasteiger partial charge in [0.05, 0.1) is 21.3 Å². The predicted octanol–water partition coefficient (Wildman–Crippen LogP) is 2.75. The van der Waals surface area contributed by atoms with Crippen molar-refractivity contribution >= 4 is 28.4 Å². The van der Waals surface area contributed by atoms with Crippen LogP contribution in [0.5, 0.6) is 0 Å². The summed E-state index contributed by atoms with van der Waals surface area (Å²) in [6.45, 7) is 1.40. The van der Waals surface area contributed by atoms with E-state index in [1.165, 1.54) is 37.4 Å². The molecule has 0 heterocycles. The first-order valence-electron chi connectivity index (χ1n) is 7.08. The number of amides is 1. The second kappa shape index (κ2) is 7.83. The standard InChI is InChI=1S/C17H16FNO4S/c1-11(16(20)19-13-7-5-6-12(18)10-13)23-17(21)14-8-3-4-9-15(14)24(2)22/h3-11H,1-2H3,(H,19,20)/t11-,24+/m0/s1. The van der Waals surface area contributed by atoms with Crippen LogP contribution in [0.25, 0.3) is 0 Å². The van der Waals surface area contributed by atoms with Gasteiger partial charge in [0, 0.05) is 11.9 Å². The van der Waals surface area contributed by atoms with E-state index in [4.69, 9.17) is 4.74 Å². The molecule has 0 unspecified atom stereocenters. The van der Waals surface area contributed by atoms with Crippen LogP contribution in [0.15, 0.2) is 53.4 Å². The number of benzene rings is 2. The third kappa shape index (κ3) is 4.48. The van der Waals surface area contributed by atoms with Crippen LogP contribution in [0.3, 0.4) is 0 Å². The van der Waals surface area contributed by atoms with Crippen molar-refractivity contribution in [3.63, 3.8) is 0 Å². The first-order valence-corrected chi connectivity index (χ1v) is 8.64. The van der Waals surface area contributed by atoms with Crippen LogP contribution in [-0.2, 0) is 20.3 Å². The number of rotatable bonds is 5. The fourth-order valence-electron chi connectivity index (χ4n) is 1.97. The summed E-state index contributed by atoms with van der Waals surface area (Å²) in [7, 11) is -1.36. The van der Waals surface area contributed by atoms with Crippen LogP contribution in [0.2, 0.25) is 0 Å². The third-order valence-corrected chi connectivity index (χ3v) is 4.14. The van der Waals surface area contributed by atoms with Crippen LogP contribution in [0, 0.1) is 5.82 Å². The molecule has 0 bridgehead atoms. The van der Waals surface area contributed by atoms with Gasteiger partial charge in [-0.3, -0.25) is 9.00 Å². The van der Waals surface area contributed by atoms with E-state index < -0.39 is 34.6 Å². The van der Waals surface area contributed by atoms with Gasteiger partial charge in [-0.2, -0.15) is 0 Å². The molecule has 2 aromatic rings. The highest BCUT2D eigenvalue weighted by Gasteiger charge is 2.21. The number of ether oxygens (including phenoxy) is 1. The van der Waals surface area contributed by atoms with Gasteiger partial charge in [-0.1, -0.05) is 18.2 Å². The fraction of sp³-hybridized carbons (Fsp3) is 0.176. The highest BCUT2D eigenvalue weighted by molar-refractivity contribution is 7.84. The highest BCUT2D eigenvalue weighted by Crippen LogP contribution is 2.15. The van der Waals surface area contributed by atoms with Crippen molar-refractivity contribution in [1.82, 2.24) is 0 Å². The van der Waals surface area contributed by atoms with Crippen LogP contribution in [0.4, 0.5) is 10.1 Å². The van der Waals surface area contributed by atoms with Crippen molar-refractivity contribution in [3.8, 4) is 0 Å². The van der Waals surface area contributed by atoms with Gasteiger partial charge in [0.25, 0.3) is 5.91 Å². The highest BCUT2D eigenvalue weighted by atomic mass is 32.2. The molecule has 1 N–H and O–H groups in total. The Kier molecular flexibility index (Phi) is 5.81. The number of hydrogen-bond acceptors (Lipinski definition) is 4. The molecule has 1 amide bonds. The molecule has 0 saturated carbocycles. The van der Waals surface area contributed by atoms with Gasteiger partial charge in [0.15, 0.2) is 6.10 Å². The van der Waals surface area contributed by atoms with Crippen LogP contribution in [-0.4, -0.2) is 28.4 Å². The molecule has 5 nitrogen and oxygen atoms in total. The van der Waals surface area contributed by atoms with Crippen molar-refractivity contribution in [2.24, 2.45) is 0 Å². The molecule has 2 aromatic carbocycles. The van der Waals surface area contributed by atoms with E-state index in [1.54, 1.807) is 18.2 Å². The van der Waals surface area contributed by atoms with Crippen molar-refractivity contribution in [3.05, 3.63) is 59.9 Å². The maximum absolute atomic E-state index is 13.1. The van der Waals surface area contributed by atoms with Crippen molar-refractivity contribution in [2.45, 2.75) is 17.9 Å². The topological polar surface area (TPSA) is 72.5 Å². The van der Waals surface area contributed by atoms with Crippen LogP contribution < -0.4 is 5.32 Å². The second-order valence-corrected chi connectivity index (χ2v) is 6.35. The lowest BCUT2D eigenvalue weighted by Gasteiger charge is -2.14. The number of carbonyl (C=O) groups is 2. The number of hydrogen-bond donors (Lipinski definition) is 1. The van der Waals surface area contributed by atoms with Gasteiger partial charge in [-0.05, 0) is 37.3 Å². The molecule has 0 spiro atoms. The first kappa shape index (κ1) is 17.8. The Hall–Kier alpha value is -2.54. The Balaban J connectivity index is 2.06. The molecular weight excluding hydrogens is 333 g/mol. The molecule has 0 aliphatic carbocycles. The molecule has 0 fully saturated rings. The number of carbonyl (C=O) groups excluding carboxylic acids is 2. The molecule has 0 aliphatic heterocycles. The number of anilines is 1. The van der Waals surface area contributed by atoms with Gasteiger partial charge in [-0.15, -0.1) is 0 Å². The molecule has 7 heteroatoms. The minimum Gasteiger partial charge on any atom is -0.449 e. The number of nitrogens with one attached hydrogen (secondary N) is 1. The monoisotopic (exact) mass is 349 g/mol. The fourth-order valence-corrected chi connectivity index (χ4v) is 2.70. The Bertz CT molecular complexity index is 794. The summed E-state index contributed by atoms with van der Waals surface area (Å²) in [4.78, 5) is 24.6. The molecular formula is C17H16FNO4S. The average Bonchev–Trinajstić information content (AvgIpc) is 2.54. The van der Waals surface area contributed by atoms with Gasteiger partial charge >= 0.3 is 5.97 Å². The van der Waals surface area contributed by atoms with Gasteiger partial charge in [-0.25, -0.2) is 9.18 Å². The largest absolute Gasteiger partial charge is 0.449 e. The van der Waals surface area contributed by atoms with E-state index in [0.717, 1.165) is 6.07 Å². The summed E-state index contributed by atoms with van der Waals surface area (Å²) in [6, 6.07) is 11.7. The van der Waals surface area contributed by atoms with Gasteiger partial charge in [0.1, 0.15) is 5.82 Å². The molecule has 0 aromatic heterocycles. The SMILES string of the molecule is C[C@H](OC(=O)c1ccccc1[S@@](C)=O)C(=O)Nc1cccc(F)c1. The zero-order chi connectivity index (χ0) is 17.7. The summed E-state index contributed by atoms with van der Waals surface area (Å²) >= 11 is 0. The van der Waals surface area contributed by atoms with E-state index >= 15 is 0 Å². The maximum Gasteiger partial charge on any atom is 0.340 e. The molecule has 24 heavy (non-hydrogen) atoms. The third-order valence-electron chi connectivity index (χ3n) is 3.16. The molecule has 0 radical (unpaired) electrons. The lowest BCUT2D eigenvalue weighted by atomic mass is 10.2. The van der Waals surface area contributed by atoms with Crippen LogP contribution >= 0.6 is 0 Å². The summed E-state index contributed by atoms with van der Waals surface area (Å²) in [5.74, 6) is -1.83. The summed E-state index contributed by atoms with van der Waals surface area (Å²) in [5.41, 5.74) is 0.404. The van der Waals surface area contributed by atoms with Gasteiger partial charge in [0.2, 0.25) is 0 Å². The minimum absolute atomic E-state index is 0.142. The summed E-state index contributed by atoms with van der Waals surface area (Å²) in [5, 5.41) is 2.46. The quantitative estimate of drug-likeness (QED) is 0.843. The van der Waals surface area contributed by atoms with E-state index in [2.05, 4.69) is 5.32 Å². The van der Waals surface area contributed by atoms with Crippen molar-refractivity contribution < 1.29 is 22.9 Å². The normalized spacial score (nSPS) is 13.0. The Labute approximate surface area is 141 Å². The second-order valence-electron chi connectivity index (χ2n) is 5.00. The van der Waals surface area contributed by atoms with E-state index in [-0.39, 0.29) is 11.3 Å². The van der Waals surface area contributed by atoms with E-state index in [1.807, 2.05) is 0 Å². The van der Waals surface area contributed by atoms with Gasteiger partial charge < -0.3 is 10.1 Å². The molecule has 126 valence electrons. The Morgan fingerprint density at radius 1 is 1.17 bits per heavy atom. The lowest BCUT2D eigenvalue weighted by molar-refractivity contribution is -0.123. The molecule has 0 aliphatic rings. The molecule has 2 rings (SSSR count). The van der Waals surface area contributed by atoms with Crippen LogP contribution in [0.1, 0.15) is 17.3 Å². The number of halogens is 1. The van der Waals surface area contributed by atoms with Crippen molar-refractivity contribution in [1.29, 1.82) is 0 Å². The summed E-state index contributed by atoms with van der Waals surface area (Å²) in [6.07, 6.45) is 0.353. The maximum atomic E-state index is 13.1. The smallest absolute Gasteiger partial charge is 0.340 e. The molecule has 0 saturated heterocycles. The Morgan fingerprint density at radius 2 is 1.88 bits per heavy atom. The zero-order valence-electron chi connectivity index (χ0n) is 13.1. The Morgan fingerprint density at radius 3 is 2.54 bits per heavy atom. The average molecular weight is 349 g/mol. The van der Waals surface area contributed by atoms with E-state index in [0.29, 0.717) is 4.90 Å². The van der Waals surface area contributed by atoms with Crippen molar-refractivity contribution in [2.75, 3.05) is 11.6 Å². The lowest BCUT2D eigenvalue weighted by Crippen LogP contribution is -2.30. The summed E-state index contributed by atoms with van der Waals surface area (Å²) < 4.78 is 29.9. The minimum atomic E-state index is -1.36.